The Hall–Kier alpha value is -2.16. The van der Waals surface area contributed by atoms with Crippen LogP contribution in [0.15, 0.2) is 52.3 Å². The van der Waals surface area contributed by atoms with E-state index in [1.807, 2.05) is 13.0 Å². The third kappa shape index (κ3) is 3.50. The summed E-state index contributed by atoms with van der Waals surface area (Å²) < 4.78 is 11.2. The van der Waals surface area contributed by atoms with E-state index in [-0.39, 0.29) is 17.1 Å². The van der Waals surface area contributed by atoms with E-state index in [2.05, 4.69) is 10.6 Å². The summed E-state index contributed by atoms with van der Waals surface area (Å²) in [6.07, 6.45) is 0. The Balaban J connectivity index is 1.77. The van der Waals surface area contributed by atoms with Gasteiger partial charge < -0.3 is 10.6 Å². The van der Waals surface area contributed by atoms with E-state index >= 15 is 0 Å². The summed E-state index contributed by atoms with van der Waals surface area (Å²) in [7, 11) is -1.55. The topological polar surface area (TPSA) is 101 Å². The summed E-state index contributed by atoms with van der Waals surface area (Å²) in [5.74, 6) is -0.368. The van der Waals surface area contributed by atoms with Crippen molar-refractivity contribution in [3.8, 4) is 0 Å². The first-order valence-corrected chi connectivity index (χ1v) is 9.22. The average Bonchev–Trinajstić information content (AvgIpc) is 2.56. The van der Waals surface area contributed by atoms with Crippen molar-refractivity contribution in [3.05, 3.63) is 48.0 Å². The second-order valence-electron chi connectivity index (χ2n) is 5.24. The molecule has 1 aliphatic heterocycles. The Kier molecular flexibility index (Phi) is 4.70. The zero-order chi connectivity index (χ0) is 17.3. The molecule has 2 amide bonds. The van der Waals surface area contributed by atoms with Crippen molar-refractivity contribution in [1.29, 1.82) is 0 Å². The highest BCUT2D eigenvalue weighted by atomic mass is 32.2. The van der Waals surface area contributed by atoms with Gasteiger partial charge >= 0.3 is 0 Å². The van der Waals surface area contributed by atoms with Gasteiger partial charge in [-0.1, -0.05) is 0 Å². The van der Waals surface area contributed by atoms with Crippen LogP contribution in [0.2, 0.25) is 0 Å². The van der Waals surface area contributed by atoms with Gasteiger partial charge in [-0.05, 0) is 49.4 Å². The number of rotatable bonds is 3. The van der Waals surface area contributed by atoms with Crippen LogP contribution in [-0.4, -0.2) is 21.3 Å². The molecule has 4 N–H and O–H groups in total. The number of hydrogen-bond donors (Lipinski definition) is 3. The van der Waals surface area contributed by atoms with Crippen molar-refractivity contribution in [3.63, 3.8) is 0 Å². The lowest BCUT2D eigenvalue weighted by atomic mass is 10.1. The summed E-state index contributed by atoms with van der Waals surface area (Å²) in [5, 5.41) is 10.7. The zero-order valence-electron chi connectivity index (χ0n) is 12.7. The van der Waals surface area contributed by atoms with Crippen LogP contribution in [0.3, 0.4) is 0 Å². The normalized spacial score (nSPS) is 17.6. The fourth-order valence-corrected chi connectivity index (χ4v) is 3.56. The molecule has 2 aromatic carbocycles. The van der Waals surface area contributed by atoms with Gasteiger partial charge in [-0.2, -0.15) is 0 Å². The maximum Gasteiger partial charge on any atom is 0.255 e. The third-order valence-corrected chi connectivity index (χ3v) is 5.43. The molecule has 0 aromatic heterocycles. The van der Waals surface area contributed by atoms with Crippen molar-refractivity contribution >= 4 is 45.9 Å². The molecule has 8 heteroatoms. The monoisotopic (exact) mass is 361 g/mol. The molecule has 1 heterocycles. The van der Waals surface area contributed by atoms with Gasteiger partial charge in [-0.25, -0.2) is 9.35 Å². The number of carbonyl (C=O) groups excluding carboxylic acids is 2. The lowest BCUT2D eigenvalue weighted by molar-refractivity contribution is -0.115. The molecule has 0 radical (unpaired) electrons. The smallest absolute Gasteiger partial charge is 0.255 e. The fraction of sp³-hybridized carbons (Fsp3) is 0.125. The highest BCUT2D eigenvalue weighted by molar-refractivity contribution is 8.01. The summed E-state index contributed by atoms with van der Waals surface area (Å²) in [6, 6.07) is 11.7. The fourth-order valence-electron chi connectivity index (χ4n) is 2.23. The minimum Gasteiger partial charge on any atom is -0.324 e. The molecule has 0 bridgehead atoms. The Morgan fingerprint density at radius 1 is 1.25 bits per heavy atom. The van der Waals surface area contributed by atoms with Gasteiger partial charge in [0.05, 0.1) is 15.8 Å². The van der Waals surface area contributed by atoms with E-state index in [9.17, 15) is 13.8 Å². The molecule has 2 atom stereocenters. The molecule has 0 saturated carbocycles. The summed E-state index contributed by atoms with van der Waals surface area (Å²) in [6.45, 7) is 1.83. The van der Waals surface area contributed by atoms with Crippen molar-refractivity contribution in [2.24, 2.45) is 5.14 Å². The molecular weight excluding hydrogens is 346 g/mol. The zero-order valence-corrected chi connectivity index (χ0v) is 14.4. The molecule has 0 aliphatic carbocycles. The van der Waals surface area contributed by atoms with Crippen LogP contribution in [0.4, 0.5) is 11.4 Å². The second kappa shape index (κ2) is 6.76. The minimum atomic E-state index is -1.55. The van der Waals surface area contributed by atoms with E-state index in [0.29, 0.717) is 21.8 Å². The van der Waals surface area contributed by atoms with E-state index in [0.717, 1.165) is 4.90 Å². The van der Waals surface area contributed by atoms with Crippen molar-refractivity contribution in [1.82, 2.24) is 0 Å². The maximum atomic E-state index is 12.3. The first-order valence-electron chi connectivity index (χ1n) is 7.13. The van der Waals surface area contributed by atoms with Crippen LogP contribution in [-0.2, 0) is 15.8 Å². The minimum absolute atomic E-state index is 0.0737. The number of fused-ring (bicyclic) bond motifs is 1. The molecule has 0 saturated heterocycles. The number of thioether (sulfide) groups is 1. The first-order chi connectivity index (χ1) is 11.4. The standard InChI is InChI=1S/C16H15N3O3S2/c1-9-15(20)19-13-8-10(2-7-14(13)23-9)16(21)18-11-3-5-12(6-4-11)24(17)22/h2-9H,17H2,1H3,(H,18,21)(H,19,20)/t9-,24?/m1/s1. The molecule has 0 fully saturated rings. The SMILES string of the molecule is C[C@H]1Sc2ccc(C(=O)Nc3ccc(S(N)=O)cc3)cc2NC1=O. The Morgan fingerprint density at radius 3 is 2.62 bits per heavy atom. The van der Waals surface area contributed by atoms with Crippen LogP contribution in [0.5, 0.6) is 0 Å². The quantitative estimate of drug-likeness (QED) is 0.781. The molecule has 24 heavy (non-hydrogen) atoms. The lowest BCUT2D eigenvalue weighted by Gasteiger charge is -2.21. The highest BCUT2D eigenvalue weighted by Crippen LogP contribution is 2.36. The Bertz CT molecular complexity index is 837. The second-order valence-corrected chi connectivity index (χ2v) is 7.69. The molecule has 6 nitrogen and oxygen atoms in total. The summed E-state index contributed by atoms with van der Waals surface area (Å²) in [4.78, 5) is 25.5. The van der Waals surface area contributed by atoms with Crippen LogP contribution in [0.1, 0.15) is 17.3 Å². The van der Waals surface area contributed by atoms with E-state index in [4.69, 9.17) is 5.14 Å². The predicted octanol–water partition coefficient (Wildman–Crippen LogP) is 2.35. The van der Waals surface area contributed by atoms with Gasteiger partial charge in [0.25, 0.3) is 5.91 Å². The van der Waals surface area contributed by atoms with Gasteiger partial charge in [0.1, 0.15) is 11.0 Å². The molecule has 2 aromatic rings. The lowest BCUT2D eigenvalue weighted by Crippen LogP contribution is -2.26. The molecule has 124 valence electrons. The van der Waals surface area contributed by atoms with Crippen molar-refractivity contribution in [2.45, 2.75) is 22.0 Å². The van der Waals surface area contributed by atoms with E-state index < -0.39 is 11.0 Å². The Labute approximate surface area is 145 Å². The molecule has 1 aliphatic rings. The van der Waals surface area contributed by atoms with Crippen molar-refractivity contribution < 1.29 is 13.8 Å². The molecule has 1 unspecified atom stereocenters. The van der Waals surface area contributed by atoms with Crippen LogP contribution >= 0.6 is 11.8 Å². The van der Waals surface area contributed by atoms with Crippen LogP contribution in [0.25, 0.3) is 0 Å². The number of carbonyl (C=O) groups is 2. The van der Waals surface area contributed by atoms with E-state index in [1.54, 1.807) is 36.4 Å². The van der Waals surface area contributed by atoms with Crippen molar-refractivity contribution in [2.75, 3.05) is 10.6 Å². The van der Waals surface area contributed by atoms with Crippen LogP contribution in [0, 0.1) is 0 Å². The average molecular weight is 361 g/mol. The highest BCUT2D eigenvalue weighted by Gasteiger charge is 2.23. The maximum absolute atomic E-state index is 12.3. The van der Waals surface area contributed by atoms with Gasteiger partial charge in [0, 0.05) is 16.1 Å². The van der Waals surface area contributed by atoms with E-state index in [1.165, 1.54) is 11.8 Å². The number of nitrogens with one attached hydrogen (secondary N) is 2. The summed E-state index contributed by atoms with van der Waals surface area (Å²) >= 11 is 1.46. The van der Waals surface area contributed by atoms with Crippen LogP contribution < -0.4 is 15.8 Å². The number of benzene rings is 2. The summed E-state index contributed by atoms with van der Waals surface area (Å²) in [5.41, 5.74) is 1.65. The van der Waals surface area contributed by atoms with Gasteiger partial charge in [0.15, 0.2) is 0 Å². The molecule has 0 spiro atoms. The predicted molar refractivity (Wildman–Crippen MR) is 95.4 cm³/mol. The molecule has 3 rings (SSSR count). The first kappa shape index (κ1) is 16.7. The molecular formula is C16H15N3O3S2. The van der Waals surface area contributed by atoms with Gasteiger partial charge in [-0.15, -0.1) is 11.8 Å². The number of hydrogen-bond acceptors (Lipinski definition) is 4. The largest absolute Gasteiger partial charge is 0.324 e. The van der Waals surface area contributed by atoms with Gasteiger partial charge in [0.2, 0.25) is 5.91 Å². The third-order valence-electron chi connectivity index (χ3n) is 3.52. The number of nitrogens with two attached hydrogens (primary N) is 1. The number of anilines is 2. The van der Waals surface area contributed by atoms with Gasteiger partial charge in [-0.3, -0.25) is 9.59 Å². The number of amides is 2. The Morgan fingerprint density at radius 2 is 1.96 bits per heavy atom.